The molecule has 0 bridgehead atoms. The van der Waals surface area contributed by atoms with Crippen LogP contribution in [-0.2, 0) is 4.74 Å². The zero-order valence-corrected chi connectivity index (χ0v) is 11.6. The maximum Gasteiger partial charge on any atom is 0.374 e. The molecule has 0 spiro atoms. The summed E-state index contributed by atoms with van der Waals surface area (Å²) in [4.78, 5) is 23.4. The van der Waals surface area contributed by atoms with Crippen LogP contribution in [-0.4, -0.2) is 24.8 Å². The molecule has 0 amide bonds. The molecule has 0 aliphatic rings. The molecule has 0 saturated carbocycles. The number of ether oxygens (including phenoxy) is 2. The number of esters is 1. The Kier molecular flexibility index (Phi) is 4.27. The average Bonchev–Trinajstić information content (AvgIpc) is 2.50. The van der Waals surface area contributed by atoms with Crippen LogP contribution in [0.3, 0.4) is 0 Å². The number of carbonyl (C=O) groups is 1. The van der Waals surface area contributed by atoms with Crippen LogP contribution in [0.4, 0.5) is 0 Å². The van der Waals surface area contributed by atoms with E-state index in [1.807, 2.05) is 0 Å². The molecule has 1 aromatic carbocycles. The maximum atomic E-state index is 11.7. The van der Waals surface area contributed by atoms with Crippen LogP contribution in [0.2, 0.25) is 0 Å². The number of rotatable bonds is 4. The number of hydrogen-bond donors (Lipinski definition) is 1. The van der Waals surface area contributed by atoms with E-state index in [-0.39, 0.29) is 18.1 Å². The van der Waals surface area contributed by atoms with E-state index in [0.717, 1.165) is 6.07 Å². The van der Waals surface area contributed by atoms with Crippen LogP contribution in [0.15, 0.2) is 39.5 Å². The van der Waals surface area contributed by atoms with E-state index < -0.39 is 17.1 Å². The highest BCUT2D eigenvalue weighted by Crippen LogP contribution is 2.28. The lowest BCUT2D eigenvalue weighted by molar-refractivity contribution is 0.0488. The van der Waals surface area contributed by atoms with Crippen molar-refractivity contribution in [1.82, 2.24) is 0 Å². The molecule has 0 aliphatic heterocycles. The number of aromatic hydroxyl groups is 1. The predicted octanol–water partition coefficient (Wildman–Crippen LogP) is 2.20. The Bertz CT molecular complexity index is 699. The van der Waals surface area contributed by atoms with Crippen molar-refractivity contribution in [1.29, 1.82) is 0 Å². The van der Waals surface area contributed by atoms with Gasteiger partial charge in [0.05, 0.1) is 13.7 Å². The molecule has 0 radical (unpaired) electrons. The minimum atomic E-state index is -0.760. The molecule has 1 N–H and O–H groups in total. The molecular weight excluding hydrogens is 276 g/mol. The Labute approximate surface area is 120 Å². The lowest BCUT2D eigenvalue weighted by Gasteiger charge is -2.07. The van der Waals surface area contributed by atoms with Crippen LogP contribution < -0.4 is 10.2 Å². The second-order valence-electron chi connectivity index (χ2n) is 4.10. The molecule has 0 atom stereocenters. The quantitative estimate of drug-likeness (QED) is 0.869. The summed E-state index contributed by atoms with van der Waals surface area (Å²) in [5.41, 5.74) is -0.272. The molecule has 21 heavy (non-hydrogen) atoms. The molecule has 6 nitrogen and oxygen atoms in total. The summed E-state index contributed by atoms with van der Waals surface area (Å²) in [6.45, 7) is 1.79. The van der Waals surface area contributed by atoms with Gasteiger partial charge < -0.3 is 19.0 Å². The molecule has 2 aromatic rings. The molecule has 2 rings (SSSR count). The third-order valence-electron chi connectivity index (χ3n) is 2.75. The van der Waals surface area contributed by atoms with Crippen LogP contribution in [0.5, 0.6) is 11.5 Å². The van der Waals surface area contributed by atoms with Gasteiger partial charge in [0.1, 0.15) is 5.75 Å². The topological polar surface area (TPSA) is 86.0 Å². The van der Waals surface area contributed by atoms with Gasteiger partial charge in [0.25, 0.3) is 0 Å². The molecule has 1 heterocycles. The maximum absolute atomic E-state index is 11.7. The minimum Gasteiger partial charge on any atom is -0.502 e. The number of carbonyl (C=O) groups excluding carboxylic acids is 1. The second-order valence-corrected chi connectivity index (χ2v) is 4.10. The van der Waals surface area contributed by atoms with Crippen molar-refractivity contribution in [3.05, 3.63) is 46.3 Å². The predicted molar refractivity (Wildman–Crippen MR) is 74.6 cm³/mol. The van der Waals surface area contributed by atoms with Gasteiger partial charge in [-0.3, -0.25) is 4.79 Å². The van der Waals surface area contributed by atoms with Gasteiger partial charge in [0, 0.05) is 11.6 Å². The van der Waals surface area contributed by atoms with Gasteiger partial charge in [0.2, 0.25) is 16.9 Å². The van der Waals surface area contributed by atoms with Crippen LogP contribution >= 0.6 is 0 Å². The first-order valence-electron chi connectivity index (χ1n) is 6.25. The van der Waals surface area contributed by atoms with E-state index >= 15 is 0 Å². The Morgan fingerprint density at radius 1 is 1.29 bits per heavy atom. The van der Waals surface area contributed by atoms with E-state index in [4.69, 9.17) is 13.9 Å². The van der Waals surface area contributed by atoms with Crippen molar-refractivity contribution in [3.8, 4) is 22.8 Å². The average molecular weight is 290 g/mol. The zero-order chi connectivity index (χ0) is 15.4. The van der Waals surface area contributed by atoms with Crippen LogP contribution in [0, 0.1) is 0 Å². The zero-order valence-electron chi connectivity index (χ0n) is 11.6. The summed E-state index contributed by atoms with van der Waals surface area (Å²) in [6.07, 6.45) is 0. The smallest absolute Gasteiger partial charge is 0.374 e. The van der Waals surface area contributed by atoms with Gasteiger partial charge in [-0.25, -0.2) is 4.79 Å². The highest BCUT2D eigenvalue weighted by Gasteiger charge is 2.18. The van der Waals surface area contributed by atoms with E-state index in [9.17, 15) is 14.7 Å². The molecule has 0 fully saturated rings. The summed E-state index contributed by atoms with van der Waals surface area (Å²) in [6, 6.07) is 7.40. The van der Waals surface area contributed by atoms with Crippen molar-refractivity contribution in [2.24, 2.45) is 0 Å². The summed E-state index contributed by atoms with van der Waals surface area (Å²) in [7, 11) is 1.52. The van der Waals surface area contributed by atoms with Crippen molar-refractivity contribution in [2.45, 2.75) is 6.92 Å². The molecule has 110 valence electrons. The lowest BCUT2D eigenvalue weighted by Crippen LogP contribution is -2.10. The van der Waals surface area contributed by atoms with Crippen molar-refractivity contribution < 1.29 is 23.8 Å². The largest absolute Gasteiger partial charge is 0.502 e. The van der Waals surface area contributed by atoms with E-state index in [1.165, 1.54) is 7.11 Å². The Balaban J connectivity index is 2.51. The normalized spacial score (nSPS) is 10.2. The SMILES string of the molecule is CCOC(=O)c1cc(=O)c(O)c(-c2ccc(OC)cc2)o1. The van der Waals surface area contributed by atoms with Crippen molar-refractivity contribution >= 4 is 5.97 Å². The van der Waals surface area contributed by atoms with Gasteiger partial charge in [-0.15, -0.1) is 0 Å². The fraction of sp³-hybridized carbons (Fsp3) is 0.200. The Morgan fingerprint density at radius 3 is 2.52 bits per heavy atom. The Morgan fingerprint density at radius 2 is 1.95 bits per heavy atom. The van der Waals surface area contributed by atoms with Gasteiger partial charge in [-0.05, 0) is 31.2 Å². The highest BCUT2D eigenvalue weighted by atomic mass is 16.5. The molecule has 0 unspecified atom stereocenters. The number of methoxy groups -OCH3 is 1. The summed E-state index contributed by atoms with van der Waals surface area (Å²) < 4.78 is 15.1. The van der Waals surface area contributed by atoms with E-state index in [2.05, 4.69) is 0 Å². The third kappa shape index (κ3) is 3.05. The second kappa shape index (κ2) is 6.13. The summed E-state index contributed by atoms with van der Waals surface area (Å²) >= 11 is 0. The number of benzene rings is 1. The number of hydrogen-bond acceptors (Lipinski definition) is 6. The van der Waals surface area contributed by atoms with Crippen molar-refractivity contribution in [3.63, 3.8) is 0 Å². The third-order valence-corrected chi connectivity index (χ3v) is 2.75. The minimum absolute atomic E-state index is 0.0896. The van der Waals surface area contributed by atoms with Crippen molar-refractivity contribution in [2.75, 3.05) is 13.7 Å². The first-order chi connectivity index (χ1) is 10.1. The van der Waals surface area contributed by atoms with Crippen LogP contribution in [0.1, 0.15) is 17.5 Å². The fourth-order valence-corrected chi connectivity index (χ4v) is 1.73. The van der Waals surface area contributed by atoms with E-state index in [1.54, 1.807) is 31.2 Å². The molecule has 1 aromatic heterocycles. The molecule has 0 aliphatic carbocycles. The first kappa shape index (κ1) is 14.6. The fourth-order valence-electron chi connectivity index (χ4n) is 1.73. The van der Waals surface area contributed by atoms with Gasteiger partial charge >= 0.3 is 5.97 Å². The lowest BCUT2D eigenvalue weighted by atomic mass is 10.1. The van der Waals surface area contributed by atoms with Gasteiger partial charge in [-0.1, -0.05) is 0 Å². The molecule has 6 heteroatoms. The highest BCUT2D eigenvalue weighted by molar-refractivity contribution is 5.87. The monoisotopic (exact) mass is 290 g/mol. The van der Waals surface area contributed by atoms with Gasteiger partial charge in [0.15, 0.2) is 5.76 Å². The molecular formula is C15H14O6. The summed E-state index contributed by atoms with van der Waals surface area (Å²) in [5.74, 6) is -1.06. The van der Waals surface area contributed by atoms with Crippen LogP contribution in [0.25, 0.3) is 11.3 Å². The standard InChI is InChI=1S/C15H14O6/c1-3-20-15(18)12-8-11(16)13(17)14(21-12)9-4-6-10(19-2)7-5-9/h4-8,17H,3H2,1-2H3. The van der Waals surface area contributed by atoms with E-state index in [0.29, 0.717) is 11.3 Å². The van der Waals surface area contributed by atoms with Gasteiger partial charge in [-0.2, -0.15) is 0 Å². The summed E-state index contributed by atoms with van der Waals surface area (Å²) in [5, 5.41) is 9.82. The first-order valence-corrected chi connectivity index (χ1v) is 6.25. The molecule has 0 saturated heterocycles. The Hall–Kier alpha value is -2.76.